The minimum absolute atomic E-state index is 0.719. The molecule has 1 atom stereocenters. The quantitative estimate of drug-likeness (QED) is 0.718. The lowest BCUT2D eigenvalue weighted by molar-refractivity contribution is 0.0941. The molecular formula is C13H25N3. The second-order valence-corrected chi connectivity index (χ2v) is 5.20. The number of likely N-dealkylation sites (N-methyl/N-ethyl adjacent to an activating group) is 1. The third-order valence-corrected chi connectivity index (χ3v) is 4.00. The topological polar surface area (TPSA) is 18.5 Å². The Kier molecular flexibility index (Phi) is 4.00. The Balaban J connectivity index is 1.83. The van der Waals surface area contributed by atoms with Crippen molar-refractivity contribution in [2.24, 2.45) is 0 Å². The SMILES string of the molecule is CCN1CCN(CC(C)=C2CNC2)CC1C. The largest absolute Gasteiger partial charge is 0.309 e. The second kappa shape index (κ2) is 5.30. The molecule has 16 heavy (non-hydrogen) atoms. The van der Waals surface area contributed by atoms with Crippen LogP contribution in [0.2, 0.25) is 0 Å². The van der Waals surface area contributed by atoms with Crippen molar-refractivity contribution in [2.75, 3.05) is 45.8 Å². The molecule has 2 aliphatic rings. The maximum absolute atomic E-state index is 3.32. The van der Waals surface area contributed by atoms with Crippen molar-refractivity contribution in [3.05, 3.63) is 11.1 Å². The highest BCUT2D eigenvalue weighted by molar-refractivity contribution is 5.22. The maximum Gasteiger partial charge on any atom is 0.0195 e. The van der Waals surface area contributed by atoms with Crippen molar-refractivity contribution < 1.29 is 0 Å². The number of nitrogens with one attached hydrogen (secondary N) is 1. The number of piperazine rings is 1. The van der Waals surface area contributed by atoms with Crippen molar-refractivity contribution >= 4 is 0 Å². The van der Waals surface area contributed by atoms with Crippen LogP contribution in [0.5, 0.6) is 0 Å². The van der Waals surface area contributed by atoms with Gasteiger partial charge in [0.1, 0.15) is 0 Å². The van der Waals surface area contributed by atoms with Gasteiger partial charge in [-0.25, -0.2) is 0 Å². The van der Waals surface area contributed by atoms with Gasteiger partial charge in [0.15, 0.2) is 0 Å². The molecule has 2 saturated heterocycles. The fourth-order valence-corrected chi connectivity index (χ4v) is 2.68. The molecule has 2 fully saturated rings. The summed E-state index contributed by atoms with van der Waals surface area (Å²) < 4.78 is 0. The zero-order chi connectivity index (χ0) is 11.5. The maximum atomic E-state index is 3.32. The predicted octanol–water partition coefficient (Wildman–Crippen LogP) is 0.932. The molecule has 0 aromatic heterocycles. The molecule has 0 saturated carbocycles. The van der Waals surface area contributed by atoms with Gasteiger partial charge in [-0.05, 0) is 26.0 Å². The van der Waals surface area contributed by atoms with Gasteiger partial charge in [0.2, 0.25) is 0 Å². The van der Waals surface area contributed by atoms with Crippen molar-refractivity contribution in [1.82, 2.24) is 15.1 Å². The number of rotatable bonds is 3. The van der Waals surface area contributed by atoms with Crippen LogP contribution >= 0.6 is 0 Å². The molecule has 2 heterocycles. The minimum atomic E-state index is 0.719. The normalized spacial score (nSPS) is 27.9. The Morgan fingerprint density at radius 3 is 2.62 bits per heavy atom. The zero-order valence-corrected chi connectivity index (χ0v) is 10.9. The smallest absolute Gasteiger partial charge is 0.0195 e. The number of hydrogen-bond acceptors (Lipinski definition) is 3. The first-order valence-electron chi connectivity index (χ1n) is 6.55. The van der Waals surface area contributed by atoms with E-state index in [1.807, 2.05) is 0 Å². The minimum Gasteiger partial charge on any atom is -0.309 e. The van der Waals surface area contributed by atoms with Crippen molar-refractivity contribution in [1.29, 1.82) is 0 Å². The first kappa shape index (κ1) is 12.1. The van der Waals surface area contributed by atoms with E-state index in [0.29, 0.717) is 0 Å². The highest BCUT2D eigenvalue weighted by Crippen LogP contribution is 2.14. The van der Waals surface area contributed by atoms with Crippen LogP contribution < -0.4 is 5.32 Å². The van der Waals surface area contributed by atoms with Crippen LogP contribution in [0.25, 0.3) is 0 Å². The lowest BCUT2D eigenvalue weighted by Gasteiger charge is -2.40. The van der Waals surface area contributed by atoms with Crippen LogP contribution in [0.15, 0.2) is 11.1 Å². The van der Waals surface area contributed by atoms with E-state index in [9.17, 15) is 0 Å². The summed E-state index contributed by atoms with van der Waals surface area (Å²) in [6.45, 7) is 15.2. The summed E-state index contributed by atoms with van der Waals surface area (Å²) in [5.41, 5.74) is 3.22. The van der Waals surface area contributed by atoms with Crippen molar-refractivity contribution in [3.63, 3.8) is 0 Å². The molecule has 2 rings (SSSR count). The summed E-state index contributed by atoms with van der Waals surface area (Å²) in [7, 11) is 0. The molecule has 3 nitrogen and oxygen atoms in total. The Morgan fingerprint density at radius 1 is 1.38 bits per heavy atom. The predicted molar refractivity (Wildman–Crippen MR) is 68.7 cm³/mol. The van der Waals surface area contributed by atoms with Gasteiger partial charge in [0.05, 0.1) is 0 Å². The van der Waals surface area contributed by atoms with Crippen LogP contribution in [0.4, 0.5) is 0 Å². The lowest BCUT2D eigenvalue weighted by Crippen LogP contribution is -2.52. The lowest BCUT2D eigenvalue weighted by atomic mass is 10.0. The van der Waals surface area contributed by atoms with Crippen LogP contribution in [-0.4, -0.2) is 61.7 Å². The molecule has 0 spiro atoms. The van der Waals surface area contributed by atoms with E-state index < -0.39 is 0 Å². The molecule has 0 aromatic rings. The van der Waals surface area contributed by atoms with Crippen molar-refractivity contribution in [3.8, 4) is 0 Å². The molecule has 0 amide bonds. The van der Waals surface area contributed by atoms with Gasteiger partial charge in [-0.3, -0.25) is 9.80 Å². The van der Waals surface area contributed by atoms with Gasteiger partial charge in [-0.1, -0.05) is 12.5 Å². The molecule has 1 N–H and O–H groups in total. The first-order chi connectivity index (χ1) is 7.70. The summed E-state index contributed by atoms with van der Waals surface area (Å²) in [6, 6.07) is 0.719. The molecule has 92 valence electrons. The molecular weight excluding hydrogens is 198 g/mol. The van der Waals surface area contributed by atoms with Gasteiger partial charge in [0.25, 0.3) is 0 Å². The molecule has 2 aliphatic heterocycles. The fourth-order valence-electron chi connectivity index (χ4n) is 2.68. The summed E-state index contributed by atoms with van der Waals surface area (Å²) >= 11 is 0. The van der Waals surface area contributed by atoms with E-state index in [2.05, 4.69) is 35.9 Å². The highest BCUT2D eigenvalue weighted by Gasteiger charge is 2.23. The van der Waals surface area contributed by atoms with E-state index in [-0.39, 0.29) is 0 Å². The summed E-state index contributed by atoms with van der Waals surface area (Å²) in [5, 5.41) is 3.32. The Morgan fingerprint density at radius 2 is 2.12 bits per heavy atom. The standard InChI is InChI=1S/C13H25N3/c1-4-16-6-5-15(10-12(16)3)9-11(2)13-7-14-8-13/h12,14H,4-10H2,1-3H3. The fraction of sp³-hybridized carbons (Fsp3) is 0.846. The number of hydrogen-bond donors (Lipinski definition) is 1. The zero-order valence-electron chi connectivity index (χ0n) is 10.9. The van der Waals surface area contributed by atoms with E-state index >= 15 is 0 Å². The highest BCUT2D eigenvalue weighted by atomic mass is 15.3. The second-order valence-electron chi connectivity index (χ2n) is 5.20. The first-order valence-corrected chi connectivity index (χ1v) is 6.55. The summed E-state index contributed by atoms with van der Waals surface area (Å²) in [5.74, 6) is 0. The molecule has 0 aliphatic carbocycles. The van der Waals surface area contributed by atoms with Crippen LogP contribution in [0.3, 0.4) is 0 Å². The van der Waals surface area contributed by atoms with E-state index in [0.717, 1.165) is 19.1 Å². The molecule has 3 heteroatoms. The Bertz CT molecular complexity index is 266. The van der Waals surface area contributed by atoms with E-state index in [4.69, 9.17) is 0 Å². The van der Waals surface area contributed by atoms with Gasteiger partial charge in [0, 0.05) is 45.3 Å². The van der Waals surface area contributed by atoms with Crippen LogP contribution in [0.1, 0.15) is 20.8 Å². The molecule has 0 aromatic carbocycles. The van der Waals surface area contributed by atoms with Gasteiger partial charge >= 0.3 is 0 Å². The Hall–Kier alpha value is -0.380. The monoisotopic (exact) mass is 223 g/mol. The van der Waals surface area contributed by atoms with Crippen LogP contribution in [0, 0.1) is 0 Å². The molecule has 1 unspecified atom stereocenters. The van der Waals surface area contributed by atoms with Crippen LogP contribution in [-0.2, 0) is 0 Å². The molecule has 0 radical (unpaired) electrons. The third kappa shape index (κ3) is 2.65. The van der Waals surface area contributed by atoms with E-state index in [1.54, 1.807) is 11.1 Å². The van der Waals surface area contributed by atoms with Gasteiger partial charge in [-0.2, -0.15) is 0 Å². The average Bonchev–Trinajstić information content (AvgIpc) is 2.15. The van der Waals surface area contributed by atoms with Gasteiger partial charge in [-0.15, -0.1) is 0 Å². The Labute approximate surface area is 99.5 Å². The number of nitrogens with zero attached hydrogens (tertiary/aromatic N) is 2. The third-order valence-electron chi connectivity index (χ3n) is 4.00. The van der Waals surface area contributed by atoms with Crippen molar-refractivity contribution in [2.45, 2.75) is 26.8 Å². The van der Waals surface area contributed by atoms with E-state index in [1.165, 1.54) is 32.7 Å². The average molecular weight is 223 g/mol. The summed E-state index contributed by atoms with van der Waals surface area (Å²) in [4.78, 5) is 5.18. The summed E-state index contributed by atoms with van der Waals surface area (Å²) in [6.07, 6.45) is 0. The molecule has 0 bridgehead atoms. The van der Waals surface area contributed by atoms with Gasteiger partial charge < -0.3 is 5.32 Å².